The van der Waals surface area contributed by atoms with E-state index in [1.165, 1.54) is 6.20 Å². The van der Waals surface area contributed by atoms with E-state index in [0.717, 1.165) is 5.56 Å². The molecule has 0 unspecified atom stereocenters. The number of benzene rings is 1. The Hall–Kier alpha value is -2.58. The average molecular weight is 255 g/mol. The second kappa shape index (κ2) is 5.85. The number of hydrogen-bond acceptors (Lipinski definition) is 4. The summed E-state index contributed by atoms with van der Waals surface area (Å²) >= 11 is 0. The van der Waals surface area contributed by atoms with Gasteiger partial charge in [-0.2, -0.15) is 0 Å². The maximum absolute atomic E-state index is 11.9. The molecule has 2 aromatic rings. The lowest BCUT2D eigenvalue weighted by Crippen LogP contribution is -2.11. The number of amides is 1. The summed E-state index contributed by atoms with van der Waals surface area (Å²) in [5.74, 6) is 5.56. The molecular formula is C14H13N3O2. The van der Waals surface area contributed by atoms with Gasteiger partial charge in [-0.15, -0.1) is 0 Å². The zero-order chi connectivity index (χ0) is 13.7. The Morgan fingerprint density at radius 2 is 2.16 bits per heavy atom. The SMILES string of the molecule is Cc1cnoc1C(=O)Nc1ccc(C#CCN)cc1. The van der Waals surface area contributed by atoms with Gasteiger partial charge in [0.25, 0.3) is 5.91 Å². The molecule has 3 N–H and O–H groups in total. The first kappa shape index (κ1) is 12.9. The van der Waals surface area contributed by atoms with Crippen molar-refractivity contribution in [1.29, 1.82) is 0 Å². The Balaban J connectivity index is 2.08. The van der Waals surface area contributed by atoms with Crippen molar-refractivity contribution < 1.29 is 9.32 Å². The van der Waals surface area contributed by atoms with Gasteiger partial charge < -0.3 is 15.6 Å². The first-order valence-corrected chi connectivity index (χ1v) is 5.72. The lowest BCUT2D eigenvalue weighted by molar-refractivity contribution is 0.0987. The molecule has 5 nitrogen and oxygen atoms in total. The molecular weight excluding hydrogens is 242 g/mol. The Morgan fingerprint density at radius 1 is 1.42 bits per heavy atom. The number of nitrogens with one attached hydrogen (secondary N) is 1. The Labute approximate surface area is 110 Å². The molecule has 96 valence electrons. The van der Waals surface area contributed by atoms with Crippen molar-refractivity contribution in [3.05, 3.63) is 47.3 Å². The van der Waals surface area contributed by atoms with Crippen LogP contribution in [0.4, 0.5) is 5.69 Å². The molecule has 1 heterocycles. The van der Waals surface area contributed by atoms with E-state index in [1.54, 1.807) is 19.1 Å². The van der Waals surface area contributed by atoms with Crippen molar-refractivity contribution in [1.82, 2.24) is 5.16 Å². The average Bonchev–Trinajstić information content (AvgIpc) is 2.84. The van der Waals surface area contributed by atoms with Crippen LogP contribution in [0.25, 0.3) is 0 Å². The van der Waals surface area contributed by atoms with Crippen molar-refractivity contribution in [3.8, 4) is 11.8 Å². The van der Waals surface area contributed by atoms with Gasteiger partial charge in [-0.05, 0) is 31.2 Å². The van der Waals surface area contributed by atoms with Crippen LogP contribution in [-0.4, -0.2) is 17.6 Å². The largest absolute Gasteiger partial charge is 0.351 e. The number of rotatable bonds is 2. The molecule has 0 aliphatic rings. The Kier molecular flexibility index (Phi) is 3.96. The lowest BCUT2D eigenvalue weighted by atomic mass is 10.2. The molecule has 5 heteroatoms. The van der Waals surface area contributed by atoms with Crippen molar-refractivity contribution in [3.63, 3.8) is 0 Å². The fraction of sp³-hybridized carbons (Fsp3) is 0.143. The minimum Gasteiger partial charge on any atom is -0.351 e. The third kappa shape index (κ3) is 3.21. The van der Waals surface area contributed by atoms with Gasteiger partial charge in [0.05, 0.1) is 12.7 Å². The van der Waals surface area contributed by atoms with E-state index in [4.69, 9.17) is 10.3 Å². The third-order valence-corrected chi connectivity index (χ3v) is 2.43. The van der Waals surface area contributed by atoms with E-state index in [1.807, 2.05) is 12.1 Å². The van der Waals surface area contributed by atoms with Crippen LogP contribution in [0.5, 0.6) is 0 Å². The molecule has 2 rings (SSSR count). The molecule has 19 heavy (non-hydrogen) atoms. The number of aryl methyl sites for hydroxylation is 1. The maximum atomic E-state index is 11.9. The van der Waals surface area contributed by atoms with E-state index in [2.05, 4.69) is 22.3 Å². The molecule has 0 aliphatic carbocycles. The summed E-state index contributed by atoms with van der Waals surface area (Å²) in [5.41, 5.74) is 7.50. The highest BCUT2D eigenvalue weighted by Crippen LogP contribution is 2.12. The van der Waals surface area contributed by atoms with E-state index < -0.39 is 0 Å². The number of nitrogens with two attached hydrogens (primary N) is 1. The van der Waals surface area contributed by atoms with E-state index in [-0.39, 0.29) is 11.7 Å². The molecule has 0 saturated carbocycles. The number of carbonyl (C=O) groups is 1. The van der Waals surface area contributed by atoms with E-state index >= 15 is 0 Å². The second-order valence-electron chi connectivity index (χ2n) is 3.88. The van der Waals surface area contributed by atoms with Gasteiger partial charge in [0.2, 0.25) is 5.76 Å². The van der Waals surface area contributed by atoms with Crippen LogP contribution in [0.3, 0.4) is 0 Å². The monoisotopic (exact) mass is 255 g/mol. The number of anilines is 1. The fourth-order valence-electron chi connectivity index (χ4n) is 1.49. The third-order valence-electron chi connectivity index (χ3n) is 2.43. The van der Waals surface area contributed by atoms with Gasteiger partial charge >= 0.3 is 0 Å². The molecule has 0 bridgehead atoms. The summed E-state index contributed by atoms with van der Waals surface area (Å²) < 4.78 is 4.88. The first-order chi connectivity index (χ1) is 9.20. The van der Waals surface area contributed by atoms with Gasteiger partial charge in [-0.3, -0.25) is 4.79 Å². The minimum absolute atomic E-state index is 0.215. The zero-order valence-electron chi connectivity index (χ0n) is 10.4. The highest BCUT2D eigenvalue weighted by Gasteiger charge is 2.13. The number of nitrogens with zero attached hydrogens (tertiary/aromatic N) is 1. The normalized spacial score (nSPS) is 9.58. The Morgan fingerprint density at radius 3 is 2.74 bits per heavy atom. The minimum atomic E-state index is -0.323. The second-order valence-corrected chi connectivity index (χ2v) is 3.88. The molecule has 0 saturated heterocycles. The topological polar surface area (TPSA) is 81.2 Å². The van der Waals surface area contributed by atoms with Crippen molar-refractivity contribution in [2.24, 2.45) is 5.73 Å². The van der Waals surface area contributed by atoms with Crippen molar-refractivity contribution in [2.75, 3.05) is 11.9 Å². The molecule has 1 aromatic carbocycles. The van der Waals surface area contributed by atoms with Gasteiger partial charge in [0, 0.05) is 16.8 Å². The van der Waals surface area contributed by atoms with Gasteiger partial charge in [0.15, 0.2) is 0 Å². The van der Waals surface area contributed by atoms with Crippen LogP contribution in [-0.2, 0) is 0 Å². The van der Waals surface area contributed by atoms with E-state index in [9.17, 15) is 4.79 Å². The summed E-state index contributed by atoms with van der Waals surface area (Å²) in [5, 5.41) is 6.29. The fourth-order valence-corrected chi connectivity index (χ4v) is 1.49. The van der Waals surface area contributed by atoms with E-state index in [0.29, 0.717) is 17.8 Å². The molecule has 0 radical (unpaired) electrons. The van der Waals surface area contributed by atoms with Crippen LogP contribution in [0.15, 0.2) is 35.0 Å². The molecule has 1 amide bonds. The smallest absolute Gasteiger partial charge is 0.294 e. The summed E-state index contributed by atoms with van der Waals surface area (Å²) in [6.45, 7) is 2.08. The summed E-state index contributed by atoms with van der Waals surface area (Å²) in [7, 11) is 0. The molecule has 0 aliphatic heterocycles. The van der Waals surface area contributed by atoms with Gasteiger partial charge in [-0.1, -0.05) is 17.0 Å². The van der Waals surface area contributed by atoms with Crippen LogP contribution in [0.2, 0.25) is 0 Å². The van der Waals surface area contributed by atoms with Crippen LogP contribution in [0.1, 0.15) is 21.7 Å². The molecule has 0 fully saturated rings. The number of hydrogen-bond donors (Lipinski definition) is 2. The summed E-state index contributed by atoms with van der Waals surface area (Å²) in [4.78, 5) is 11.9. The number of aromatic nitrogens is 1. The highest BCUT2D eigenvalue weighted by molar-refractivity contribution is 6.03. The Bertz CT molecular complexity index is 633. The lowest BCUT2D eigenvalue weighted by Gasteiger charge is -2.03. The molecule has 0 spiro atoms. The number of carbonyl (C=O) groups excluding carboxylic acids is 1. The van der Waals surface area contributed by atoms with Gasteiger partial charge in [-0.25, -0.2) is 0 Å². The zero-order valence-corrected chi connectivity index (χ0v) is 10.4. The predicted octanol–water partition coefficient (Wildman–Crippen LogP) is 1.55. The first-order valence-electron chi connectivity index (χ1n) is 5.72. The van der Waals surface area contributed by atoms with Gasteiger partial charge in [0.1, 0.15) is 0 Å². The predicted molar refractivity (Wildman–Crippen MR) is 71.6 cm³/mol. The quantitative estimate of drug-likeness (QED) is 0.798. The maximum Gasteiger partial charge on any atom is 0.294 e. The highest BCUT2D eigenvalue weighted by atomic mass is 16.5. The van der Waals surface area contributed by atoms with Crippen molar-refractivity contribution in [2.45, 2.75) is 6.92 Å². The van der Waals surface area contributed by atoms with Crippen molar-refractivity contribution >= 4 is 11.6 Å². The van der Waals surface area contributed by atoms with Crippen LogP contribution in [0, 0.1) is 18.8 Å². The van der Waals surface area contributed by atoms with Crippen LogP contribution < -0.4 is 11.1 Å². The standard InChI is InChI=1S/C14H13N3O2/c1-10-9-16-19-13(10)14(18)17-12-6-4-11(5-7-12)3-2-8-15/h4-7,9H,8,15H2,1H3,(H,17,18). The summed E-state index contributed by atoms with van der Waals surface area (Å²) in [6.07, 6.45) is 1.50. The summed E-state index contributed by atoms with van der Waals surface area (Å²) in [6, 6.07) is 7.16. The molecule has 0 atom stereocenters. The molecule has 1 aromatic heterocycles. The van der Waals surface area contributed by atoms with Crippen LogP contribution >= 0.6 is 0 Å².